The standard InChI is InChI=1S/C21H20ClN3O4/c1-2-3-12-25-20(27)17-7-5-4-6-16(17)19(24-25)21(28)29-13-18(26)23-15-10-8-14(22)9-11-15/h4-11H,2-3,12-13H2,1H3,(H,23,26). The Labute approximate surface area is 172 Å². The van der Waals surface area contributed by atoms with Crippen molar-refractivity contribution >= 4 is 39.9 Å². The van der Waals surface area contributed by atoms with Gasteiger partial charge in [-0.15, -0.1) is 0 Å². The molecular formula is C21H20ClN3O4. The van der Waals surface area contributed by atoms with Gasteiger partial charge in [0.05, 0.1) is 5.39 Å². The van der Waals surface area contributed by atoms with Crippen LogP contribution in [0.2, 0.25) is 5.02 Å². The van der Waals surface area contributed by atoms with E-state index in [2.05, 4.69) is 10.4 Å². The second-order valence-electron chi connectivity index (χ2n) is 6.41. The first-order valence-corrected chi connectivity index (χ1v) is 9.59. The van der Waals surface area contributed by atoms with Gasteiger partial charge in [0.1, 0.15) is 0 Å². The molecule has 0 aliphatic heterocycles. The number of carbonyl (C=O) groups is 2. The van der Waals surface area contributed by atoms with Crippen molar-refractivity contribution in [1.82, 2.24) is 9.78 Å². The molecule has 0 radical (unpaired) electrons. The fourth-order valence-electron chi connectivity index (χ4n) is 2.78. The van der Waals surface area contributed by atoms with E-state index in [-0.39, 0.29) is 11.3 Å². The molecule has 7 nitrogen and oxygen atoms in total. The predicted molar refractivity (Wildman–Crippen MR) is 111 cm³/mol. The van der Waals surface area contributed by atoms with Crippen LogP contribution in [0.15, 0.2) is 53.3 Å². The van der Waals surface area contributed by atoms with E-state index in [4.69, 9.17) is 16.3 Å². The molecule has 0 spiro atoms. The predicted octanol–water partition coefficient (Wildman–Crippen LogP) is 3.65. The zero-order chi connectivity index (χ0) is 20.8. The van der Waals surface area contributed by atoms with Gasteiger partial charge in [0.2, 0.25) is 0 Å². The first kappa shape index (κ1) is 20.5. The van der Waals surface area contributed by atoms with Gasteiger partial charge < -0.3 is 10.1 Å². The summed E-state index contributed by atoms with van der Waals surface area (Å²) in [6, 6.07) is 13.3. The fourth-order valence-corrected chi connectivity index (χ4v) is 2.90. The van der Waals surface area contributed by atoms with Crippen LogP contribution in [0.5, 0.6) is 0 Å². The number of ether oxygens (including phenoxy) is 1. The van der Waals surface area contributed by atoms with Gasteiger partial charge in [-0.3, -0.25) is 9.59 Å². The molecule has 0 bridgehead atoms. The Hall–Kier alpha value is -3.19. The first-order chi connectivity index (χ1) is 14.0. The van der Waals surface area contributed by atoms with Gasteiger partial charge in [-0.2, -0.15) is 5.10 Å². The minimum atomic E-state index is -0.766. The van der Waals surface area contributed by atoms with E-state index in [1.165, 1.54) is 4.68 Å². The molecule has 0 saturated heterocycles. The number of halogens is 1. The molecule has 0 aliphatic carbocycles. The maximum atomic E-state index is 12.6. The number of nitrogens with one attached hydrogen (secondary N) is 1. The molecule has 0 fully saturated rings. The molecule has 0 unspecified atom stereocenters. The van der Waals surface area contributed by atoms with Gasteiger partial charge in [-0.1, -0.05) is 43.1 Å². The molecule has 3 aromatic rings. The third-order valence-electron chi connectivity index (χ3n) is 4.25. The van der Waals surface area contributed by atoms with Crippen molar-refractivity contribution < 1.29 is 14.3 Å². The average molecular weight is 414 g/mol. The summed E-state index contributed by atoms with van der Waals surface area (Å²) < 4.78 is 6.41. The number of rotatable bonds is 7. The van der Waals surface area contributed by atoms with Crippen LogP contribution < -0.4 is 10.9 Å². The first-order valence-electron chi connectivity index (χ1n) is 9.22. The van der Waals surface area contributed by atoms with Crippen LogP contribution in [-0.2, 0) is 16.1 Å². The SMILES string of the molecule is CCCCn1nc(C(=O)OCC(=O)Nc2ccc(Cl)cc2)c2ccccc2c1=O. The van der Waals surface area contributed by atoms with E-state index < -0.39 is 18.5 Å². The van der Waals surface area contributed by atoms with Crippen LogP contribution in [0.4, 0.5) is 5.69 Å². The number of fused-ring (bicyclic) bond motifs is 1. The van der Waals surface area contributed by atoms with Crippen molar-refractivity contribution in [3.05, 3.63) is 69.6 Å². The van der Waals surface area contributed by atoms with Crippen molar-refractivity contribution in [1.29, 1.82) is 0 Å². The average Bonchev–Trinajstić information content (AvgIpc) is 2.73. The Kier molecular flexibility index (Phi) is 6.61. The van der Waals surface area contributed by atoms with Crippen molar-refractivity contribution in [3.8, 4) is 0 Å². The number of aryl methyl sites for hydroxylation is 1. The van der Waals surface area contributed by atoms with E-state index >= 15 is 0 Å². The summed E-state index contributed by atoms with van der Waals surface area (Å²) in [5, 5.41) is 8.13. The molecule has 1 heterocycles. The normalized spacial score (nSPS) is 10.7. The number of esters is 1. The molecule has 2 aromatic carbocycles. The van der Waals surface area contributed by atoms with Crippen LogP contribution in [0.1, 0.15) is 30.3 Å². The monoisotopic (exact) mass is 413 g/mol. The maximum absolute atomic E-state index is 12.6. The lowest BCUT2D eigenvalue weighted by atomic mass is 10.1. The summed E-state index contributed by atoms with van der Waals surface area (Å²) >= 11 is 5.81. The molecule has 1 amide bonds. The van der Waals surface area contributed by atoms with Crippen molar-refractivity contribution in [2.45, 2.75) is 26.3 Å². The third kappa shape index (κ3) is 5.00. The van der Waals surface area contributed by atoms with E-state index in [0.29, 0.717) is 28.0 Å². The van der Waals surface area contributed by atoms with Gasteiger partial charge in [0, 0.05) is 22.6 Å². The number of aromatic nitrogens is 2. The molecule has 3 rings (SSSR count). The summed E-state index contributed by atoms with van der Waals surface area (Å²) in [5.41, 5.74) is 0.286. The number of benzene rings is 2. The second-order valence-corrected chi connectivity index (χ2v) is 6.84. The van der Waals surface area contributed by atoms with Crippen LogP contribution in [0.25, 0.3) is 10.8 Å². The summed E-state index contributed by atoms with van der Waals surface area (Å²) in [6.07, 6.45) is 1.63. The highest BCUT2D eigenvalue weighted by Crippen LogP contribution is 2.15. The molecule has 8 heteroatoms. The molecule has 29 heavy (non-hydrogen) atoms. The number of amides is 1. The van der Waals surface area contributed by atoms with E-state index in [9.17, 15) is 14.4 Å². The van der Waals surface area contributed by atoms with Crippen LogP contribution in [-0.4, -0.2) is 28.3 Å². The summed E-state index contributed by atoms with van der Waals surface area (Å²) in [4.78, 5) is 37.2. The Morgan fingerprint density at radius 3 is 2.48 bits per heavy atom. The van der Waals surface area contributed by atoms with Crippen molar-refractivity contribution in [2.24, 2.45) is 0 Å². The van der Waals surface area contributed by atoms with Gasteiger partial charge in [0.15, 0.2) is 12.3 Å². The Morgan fingerprint density at radius 1 is 1.10 bits per heavy atom. The minimum absolute atomic E-state index is 0.00981. The summed E-state index contributed by atoms with van der Waals surface area (Å²) in [6.45, 7) is 1.92. The summed E-state index contributed by atoms with van der Waals surface area (Å²) in [5.74, 6) is -1.26. The number of nitrogens with zero attached hydrogens (tertiary/aromatic N) is 2. The van der Waals surface area contributed by atoms with Crippen LogP contribution >= 0.6 is 11.6 Å². The lowest BCUT2D eigenvalue weighted by Gasteiger charge is -2.11. The fraction of sp³-hybridized carbons (Fsp3) is 0.238. The summed E-state index contributed by atoms with van der Waals surface area (Å²) in [7, 11) is 0. The Morgan fingerprint density at radius 2 is 1.79 bits per heavy atom. The molecular weight excluding hydrogens is 394 g/mol. The quantitative estimate of drug-likeness (QED) is 0.597. The Balaban J connectivity index is 1.77. The Bertz CT molecular complexity index is 1090. The maximum Gasteiger partial charge on any atom is 0.359 e. The largest absolute Gasteiger partial charge is 0.451 e. The molecule has 1 aromatic heterocycles. The van der Waals surface area contributed by atoms with Gasteiger partial charge in [-0.25, -0.2) is 9.48 Å². The van der Waals surface area contributed by atoms with Crippen molar-refractivity contribution in [2.75, 3.05) is 11.9 Å². The van der Waals surface area contributed by atoms with Crippen LogP contribution in [0.3, 0.4) is 0 Å². The number of carbonyl (C=O) groups excluding carboxylic acids is 2. The highest BCUT2D eigenvalue weighted by Gasteiger charge is 2.19. The molecule has 0 aliphatic rings. The smallest absolute Gasteiger partial charge is 0.359 e. The molecule has 150 valence electrons. The number of anilines is 1. The van der Waals surface area contributed by atoms with Crippen LogP contribution in [0, 0.1) is 0 Å². The van der Waals surface area contributed by atoms with Gasteiger partial charge in [-0.05, 0) is 36.8 Å². The van der Waals surface area contributed by atoms with E-state index in [0.717, 1.165) is 12.8 Å². The topological polar surface area (TPSA) is 90.3 Å². The highest BCUT2D eigenvalue weighted by molar-refractivity contribution is 6.30. The molecule has 0 atom stereocenters. The van der Waals surface area contributed by atoms with E-state index in [1.54, 1.807) is 48.5 Å². The second kappa shape index (κ2) is 9.34. The lowest BCUT2D eigenvalue weighted by Crippen LogP contribution is -2.27. The number of hydrogen-bond donors (Lipinski definition) is 1. The third-order valence-corrected chi connectivity index (χ3v) is 4.50. The lowest BCUT2D eigenvalue weighted by molar-refractivity contribution is -0.119. The van der Waals surface area contributed by atoms with Gasteiger partial charge in [0.25, 0.3) is 11.5 Å². The minimum Gasteiger partial charge on any atom is -0.451 e. The zero-order valence-electron chi connectivity index (χ0n) is 15.9. The number of unbranched alkanes of at least 4 members (excludes halogenated alkanes) is 1. The molecule has 1 N–H and O–H groups in total. The number of hydrogen-bond acceptors (Lipinski definition) is 5. The van der Waals surface area contributed by atoms with Gasteiger partial charge >= 0.3 is 5.97 Å². The highest BCUT2D eigenvalue weighted by atomic mass is 35.5. The van der Waals surface area contributed by atoms with Crippen molar-refractivity contribution in [3.63, 3.8) is 0 Å². The molecule has 0 saturated carbocycles. The van der Waals surface area contributed by atoms with E-state index in [1.807, 2.05) is 6.92 Å². The zero-order valence-corrected chi connectivity index (χ0v) is 16.6.